The summed E-state index contributed by atoms with van der Waals surface area (Å²) >= 11 is 1.10. The monoisotopic (exact) mass is 361 g/mol. The number of H-pyrrole nitrogens is 1. The first-order valence-electron chi connectivity index (χ1n) is 7.10. The zero-order valence-corrected chi connectivity index (χ0v) is 14.7. The molecule has 0 unspecified atom stereocenters. The third-order valence-electron chi connectivity index (χ3n) is 3.45. The van der Waals surface area contributed by atoms with E-state index in [-0.39, 0.29) is 9.77 Å². The highest BCUT2D eigenvalue weighted by atomic mass is 32.2. The Hall–Kier alpha value is -2.45. The van der Waals surface area contributed by atoms with Gasteiger partial charge in [-0.15, -0.1) is 11.3 Å². The highest BCUT2D eigenvalue weighted by molar-refractivity contribution is 7.94. The second-order valence-corrected chi connectivity index (χ2v) is 8.21. The van der Waals surface area contributed by atoms with Crippen LogP contribution in [0.3, 0.4) is 0 Å². The largest absolute Gasteiger partial charge is 0.279 e. The summed E-state index contributed by atoms with van der Waals surface area (Å²) < 4.78 is 28.0. The molecule has 0 amide bonds. The van der Waals surface area contributed by atoms with Gasteiger partial charge < -0.3 is 0 Å². The van der Waals surface area contributed by atoms with E-state index in [1.807, 2.05) is 26.0 Å². The predicted molar refractivity (Wildman–Crippen MR) is 94.9 cm³/mol. The van der Waals surface area contributed by atoms with E-state index in [4.69, 9.17) is 0 Å². The molecule has 0 aliphatic rings. The number of rotatable bonds is 4. The van der Waals surface area contributed by atoms with Crippen molar-refractivity contribution < 1.29 is 8.42 Å². The zero-order chi connectivity index (χ0) is 17.3. The SMILES string of the molecule is Cc1ccc(C)c(NS(=O)(=O)c2cc(-c3ccc(=O)[nH]n3)cs2)c1. The van der Waals surface area contributed by atoms with Crippen LogP contribution in [0.4, 0.5) is 5.69 Å². The first-order valence-corrected chi connectivity index (χ1v) is 9.46. The van der Waals surface area contributed by atoms with Crippen molar-refractivity contribution in [2.75, 3.05) is 4.72 Å². The third-order valence-corrected chi connectivity index (χ3v) is 6.26. The summed E-state index contributed by atoms with van der Waals surface area (Å²) in [6.07, 6.45) is 0. The van der Waals surface area contributed by atoms with E-state index in [9.17, 15) is 13.2 Å². The summed E-state index contributed by atoms with van der Waals surface area (Å²) in [6.45, 7) is 3.75. The van der Waals surface area contributed by atoms with E-state index in [0.717, 1.165) is 22.5 Å². The van der Waals surface area contributed by atoms with E-state index in [2.05, 4.69) is 14.9 Å². The molecule has 124 valence electrons. The topological polar surface area (TPSA) is 91.9 Å². The summed E-state index contributed by atoms with van der Waals surface area (Å²) in [6, 6.07) is 10.0. The molecule has 0 atom stereocenters. The number of sulfonamides is 1. The molecule has 0 saturated heterocycles. The minimum Gasteiger partial charge on any atom is -0.279 e. The Morgan fingerprint density at radius 3 is 2.62 bits per heavy atom. The van der Waals surface area contributed by atoms with Gasteiger partial charge in [-0.1, -0.05) is 12.1 Å². The second kappa shape index (κ2) is 6.21. The number of benzene rings is 1. The highest BCUT2D eigenvalue weighted by Crippen LogP contribution is 2.29. The molecule has 2 aromatic heterocycles. The molecule has 0 saturated carbocycles. The van der Waals surface area contributed by atoms with Gasteiger partial charge >= 0.3 is 0 Å². The van der Waals surface area contributed by atoms with Gasteiger partial charge in [-0.2, -0.15) is 5.10 Å². The molecule has 0 fully saturated rings. The maximum absolute atomic E-state index is 12.6. The van der Waals surface area contributed by atoms with Crippen LogP contribution in [0.2, 0.25) is 0 Å². The zero-order valence-electron chi connectivity index (χ0n) is 13.0. The van der Waals surface area contributed by atoms with Crippen LogP contribution in [-0.4, -0.2) is 18.6 Å². The second-order valence-electron chi connectivity index (χ2n) is 5.38. The van der Waals surface area contributed by atoms with Crippen molar-refractivity contribution in [3.05, 3.63) is 63.3 Å². The Bertz CT molecular complexity index is 1030. The lowest BCUT2D eigenvalue weighted by Crippen LogP contribution is -2.12. The number of aromatic amines is 1. The lowest BCUT2D eigenvalue weighted by molar-refractivity contribution is 0.603. The van der Waals surface area contributed by atoms with Crippen LogP contribution in [0.5, 0.6) is 0 Å². The van der Waals surface area contributed by atoms with Crippen LogP contribution in [0.15, 0.2) is 50.8 Å². The van der Waals surface area contributed by atoms with Crippen LogP contribution >= 0.6 is 11.3 Å². The van der Waals surface area contributed by atoms with Crippen LogP contribution in [0.1, 0.15) is 11.1 Å². The van der Waals surface area contributed by atoms with Crippen molar-refractivity contribution in [2.45, 2.75) is 18.1 Å². The summed E-state index contributed by atoms with van der Waals surface area (Å²) in [7, 11) is -3.68. The van der Waals surface area contributed by atoms with E-state index >= 15 is 0 Å². The van der Waals surface area contributed by atoms with Gasteiger partial charge in [0.25, 0.3) is 15.6 Å². The molecule has 8 heteroatoms. The van der Waals surface area contributed by atoms with Crippen molar-refractivity contribution in [1.29, 1.82) is 0 Å². The minimum atomic E-state index is -3.68. The van der Waals surface area contributed by atoms with Gasteiger partial charge in [0, 0.05) is 17.0 Å². The van der Waals surface area contributed by atoms with Crippen LogP contribution < -0.4 is 10.3 Å². The Kier molecular flexibility index (Phi) is 4.25. The fourth-order valence-corrected chi connectivity index (χ4v) is 4.43. The fraction of sp³-hybridized carbons (Fsp3) is 0.125. The summed E-state index contributed by atoms with van der Waals surface area (Å²) in [5.41, 5.74) is 3.23. The minimum absolute atomic E-state index is 0.186. The highest BCUT2D eigenvalue weighted by Gasteiger charge is 2.18. The number of hydrogen-bond acceptors (Lipinski definition) is 5. The molecule has 3 rings (SSSR count). The number of thiophene rings is 1. The molecule has 6 nitrogen and oxygen atoms in total. The summed E-state index contributed by atoms with van der Waals surface area (Å²) in [5, 5.41) is 7.93. The Morgan fingerprint density at radius 2 is 1.92 bits per heavy atom. The van der Waals surface area contributed by atoms with Gasteiger partial charge in [0.1, 0.15) is 4.21 Å². The summed E-state index contributed by atoms with van der Waals surface area (Å²) in [4.78, 5) is 11.1. The van der Waals surface area contributed by atoms with Gasteiger partial charge in [-0.05, 0) is 43.2 Å². The number of aryl methyl sites for hydroxylation is 2. The van der Waals surface area contributed by atoms with Crippen molar-refractivity contribution in [3.8, 4) is 11.3 Å². The van der Waals surface area contributed by atoms with Crippen molar-refractivity contribution in [3.63, 3.8) is 0 Å². The average molecular weight is 361 g/mol. The van der Waals surface area contributed by atoms with E-state index in [1.165, 1.54) is 6.07 Å². The molecular weight excluding hydrogens is 346 g/mol. The number of nitrogens with zero attached hydrogens (tertiary/aromatic N) is 1. The van der Waals surface area contributed by atoms with Gasteiger partial charge in [-0.3, -0.25) is 9.52 Å². The number of hydrogen-bond donors (Lipinski definition) is 2. The molecule has 0 radical (unpaired) electrons. The smallest absolute Gasteiger partial charge is 0.271 e. The van der Waals surface area contributed by atoms with Gasteiger partial charge in [0.05, 0.1) is 11.4 Å². The number of aromatic nitrogens is 2. The molecule has 2 heterocycles. The standard InChI is InChI=1S/C16H15N3O3S2/c1-10-3-4-11(2)14(7-10)19-24(21,22)16-8-12(9-23-16)13-5-6-15(20)18-17-13/h3-9,19H,1-2H3,(H,18,20). The van der Waals surface area contributed by atoms with E-state index in [1.54, 1.807) is 23.6 Å². The Labute approximate surface area is 143 Å². The quantitative estimate of drug-likeness (QED) is 0.747. The van der Waals surface area contributed by atoms with Crippen LogP contribution in [-0.2, 0) is 10.0 Å². The molecule has 0 aliphatic carbocycles. The lowest BCUT2D eigenvalue weighted by Gasteiger charge is -2.10. The molecule has 24 heavy (non-hydrogen) atoms. The molecule has 1 aromatic carbocycles. The predicted octanol–water partition coefficient (Wildman–Crippen LogP) is 2.92. The van der Waals surface area contributed by atoms with E-state index < -0.39 is 10.0 Å². The number of nitrogens with one attached hydrogen (secondary N) is 2. The van der Waals surface area contributed by atoms with Crippen molar-refractivity contribution in [2.24, 2.45) is 0 Å². The van der Waals surface area contributed by atoms with Gasteiger partial charge in [0.15, 0.2) is 0 Å². The molecule has 2 N–H and O–H groups in total. The van der Waals surface area contributed by atoms with Crippen LogP contribution in [0.25, 0.3) is 11.3 Å². The average Bonchev–Trinajstić information content (AvgIpc) is 3.02. The summed E-state index contributed by atoms with van der Waals surface area (Å²) in [5.74, 6) is 0. The van der Waals surface area contributed by atoms with Crippen LogP contribution in [0, 0.1) is 13.8 Å². The maximum Gasteiger partial charge on any atom is 0.271 e. The fourth-order valence-electron chi connectivity index (χ4n) is 2.14. The molecule has 0 bridgehead atoms. The first kappa shape index (κ1) is 16.4. The molecule has 3 aromatic rings. The normalized spacial score (nSPS) is 11.4. The van der Waals surface area contributed by atoms with Gasteiger partial charge in [0.2, 0.25) is 0 Å². The van der Waals surface area contributed by atoms with Crippen molar-refractivity contribution >= 4 is 27.0 Å². The van der Waals surface area contributed by atoms with Crippen molar-refractivity contribution in [1.82, 2.24) is 10.2 Å². The molecule has 0 spiro atoms. The number of anilines is 1. The Morgan fingerprint density at radius 1 is 1.12 bits per heavy atom. The third kappa shape index (κ3) is 3.39. The lowest BCUT2D eigenvalue weighted by atomic mass is 10.1. The maximum atomic E-state index is 12.6. The first-order chi connectivity index (χ1) is 11.3. The Balaban J connectivity index is 1.92. The van der Waals surface area contributed by atoms with Gasteiger partial charge in [-0.25, -0.2) is 13.5 Å². The molecule has 0 aliphatic heterocycles. The van der Waals surface area contributed by atoms with E-state index in [0.29, 0.717) is 16.9 Å². The molecular formula is C16H15N3O3S2.